The van der Waals surface area contributed by atoms with Crippen molar-refractivity contribution in [2.24, 2.45) is 5.41 Å². The molecular weight excluding hydrogens is 377 g/mol. The number of allylic oxidation sites excluding steroid dienone is 1. The summed E-state index contributed by atoms with van der Waals surface area (Å²) in [6.07, 6.45) is 3.84. The summed E-state index contributed by atoms with van der Waals surface area (Å²) in [5.41, 5.74) is 0.698. The van der Waals surface area contributed by atoms with Crippen LogP contribution in [0.4, 0.5) is 0 Å². The van der Waals surface area contributed by atoms with Crippen LogP contribution in [0.3, 0.4) is 0 Å². The number of hydrogen-bond acceptors (Lipinski definition) is 5. The molecule has 1 N–H and O–H groups in total. The van der Waals surface area contributed by atoms with E-state index in [0.29, 0.717) is 35.4 Å². The zero-order valence-electron chi connectivity index (χ0n) is 14.7. The Morgan fingerprint density at radius 2 is 2.08 bits per heavy atom. The fraction of sp³-hybridized carbons (Fsp3) is 0.444. The second-order valence-electron chi connectivity index (χ2n) is 6.57. The molecule has 0 saturated carbocycles. The van der Waals surface area contributed by atoms with Gasteiger partial charge in [-0.15, -0.1) is 0 Å². The van der Waals surface area contributed by atoms with Gasteiger partial charge in [-0.3, -0.25) is 0 Å². The molecule has 8 heteroatoms. The molecule has 3 rings (SSSR count). The van der Waals surface area contributed by atoms with Crippen molar-refractivity contribution in [2.75, 3.05) is 13.2 Å². The lowest BCUT2D eigenvalue weighted by atomic mass is 9.87. The van der Waals surface area contributed by atoms with Crippen molar-refractivity contribution in [1.82, 2.24) is 14.8 Å². The lowest BCUT2D eigenvalue weighted by Gasteiger charge is -2.37. The van der Waals surface area contributed by atoms with E-state index in [-0.39, 0.29) is 12.0 Å². The number of aromatic nitrogens is 3. The smallest absolute Gasteiger partial charge is 0.157 e. The first-order valence-corrected chi connectivity index (χ1v) is 9.13. The first-order chi connectivity index (χ1) is 12.4. The highest BCUT2D eigenvalue weighted by Gasteiger charge is 2.38. The predicted molar refractivity (Wildman–Crippen MR) is 100 cm³/mol. The largest absolute Gasteiger partial charge is 0.510 e. The summed E-state index contributed by atoms with van der Waals surface area (Å²) in [6, 6.07) is 5.27. The third-order valence-electron chi connectivity index (χ3n) is 4.42. The summed E-state index contributed by atoms with van der Waals surface area (Å²) < 4.78 is 13.0. The normalized spacial score (nSPS) is 24.4. The van der Waals surface area contributed by atoms with Crippen LogP contribution in [0.2, 0.25) is 10.0 Å². The average molecular weight is 398 g/mol. The van der Waals surface area contributed by atoms with Gasteiger partial charge in [-0.05, 0) is 31.0 Å². The number of hydrogen-bond donors (Lipinski definition) is 1. The van der Waals surface area contributed by atoms with Gasteiger partial charge in [-0.2, -0.15) is 5.10 Å². The molecule has 2 aromatic rings. The van der Waals surface area contributed by atoms with Gasteiger partial charge in [0.15, 0.2) is 6.29 Å². The summed E-state index contributed by atoms with van der Waals surface area (Å²) in [6.45, 7) is 4.59. The van der Waals surface area contributed by atoms with E-state index in [4.69, 9.17) is 32.7 Å². The summed E-state index contributed by atoms with van der Waals surface area (Å²) in [4.78, 5) is 3.99. The maximum Gasteiger partial charge on any atom is 0.157 e. The molecule has 0 atom stereocenters. The molecule has 6 nitrogen and oxygen atoms in total. The highest BCUT2D eigenvalue weighted by molar-refractivity contribution is 6.35. The molecule has 140 valence electrons. The molecule has 26 heavy (non-hydrogen) atoms. The maximum absolute atomic E-state index is 11.1. The van der Waals surface area contributed by atoms with E-state index >= 15 is 0 Å². The Kier molecular flexibility index (Phi) is 5.87. The number of halogens is 2. The molecule has 0 radical (unpaired) electrons. The van der Waals surface area contributed by atoms with Gasteiger partial charge in [0.1, 0.15) is 18.4 Å². The minimum atomic E-state index is -0.689. The van der Waals surface area contributed by atoms with Crippen LogP contribution < -0.4 is 0 Å². The molecule has 0 amide bonds. The highest BCUT2D eigenvalue weighted by Crippen LogP contribution is 2.36. The van der Waals surface area contributed by atoms with Crippen LogP contribution >= 0.6 is 23.2 Å². The Morgan fingerprint density at radius 3 is 2.65 bits per heavy atom. The zero-order chi connectivity index (χ0) is 18.7. The molecule has 1 saturated heterocycles. The molecule has 1 aliphatic heterocycles. The Hall–Kier alpha value is -1.60. The lowest BCUT2D eigenvalue weighted by Crippen LogP contribution is -2.41. The van der Waals surface area contributed by atoms with Crippen LogP contribution in [0.5, 0.6) is 0 Å². The van der Waals surface area contributed by atoms with Crippen molar-refractivity contribution in [1.29, 1.82) is 0 Å². The summed E-state index contributed by atoms with van der Waals surface area (Å²) in [5.74, 6) is 0.142. The summed E-state index contributed by atoms with van der Waals surface area (Å²) >= 11 is 12.3. The molecule has 0 spiro atoms. The number of rotatable bonds is 5. The van der Waals surface area contributed by atoms with Crippen LogP contribution in [0.15, 0.2) is 36.6 Å². The summed E-state index contributed by atoms with van der Waals surface area (Å²) in [7, 11) is 0. The zero-order valence-corrected chi connectivity index (χ0v) is 16.2. The van der Waals surface area contributed by atoms with Gasteiger partial charge < -0.3 is 14.6 Å². The van der Waals surface area contributed by atoms with Gasteiger partial charge in [0.05, 0.1) is 24.3 Å². The quantitative estimate of drug-likeness (QED) is 0.759. The van der Waals surface area contributed by atoms with Crippen LogP contribution in [-0.4, -0.2) is 39.4 Å². The Morgan fingerprint density at radius 1 is 1.35 bits per heavy atom. The standard InChI is InChI=1S/C18H21Cl2N3O3/c1-3-16-25-8-18(2,9-26-16)17(24)15(23-11-21-10-22-23)6-12-4-5-13(19)7-14(12)20/h4-5,7,10-11,16,24H,3,6,8-9H2,1-2H3. The monoisotopic (exact) mass is 397 g/mol. The van der Waals surface area contributed by atoms with E-state index in [2.05, 4.69) is 10.1 Å². The Bertz CT molecular complexity index is 785. The van der Waals surface area contributed by atoms with Gasteiger partial charge in [-0.1, -0.05) is 36.2 Å². The number of benzene rings is 1. The van der Waals surface area contributed by atoms with E-state index < -0.39 is 5.41 Å². The van der Waals surface area contributed by atoms with Crippen molar-refractivity contribution in [3.05, 3.63) is 52.2 Å². The van der Waals surface area contributed by atoms with Gasteiger partial charge >= 0.3 is 0 Å². The van der Waals surface area contributed by atoms with Crippen molar-refractivity contribution in [3.63, 3.8) is 0 Å². The predicted octanol–water partition coefficient (Wildman–Crippen LogP) is 4.34. The van der Waals surface area contributed by atoms with E-state index in [9.17, 15) is 5.11 Å². The second kappa shape index (κ2) is 7.96. The van der Waals surface area contributed by atoms with Crippen molar-refractivity contribution in [2.45, 2.75) is 33.0 Å². The SMILES string of the molecule is CCC1OCC(C)(C(O)=C(Cc2ccc(Cl)cc2Cl)n2cncn2)CO1. The number of ether oxygens (including phenoxy) is 2. The van der Waals surface area contributed by atoms with Gasteiger partial charge in [-0.25, -0.2) is 9.67 Å². The fourth-order valence-corrected chi connectivity index (χ4v) is 3.31. The van der Waals surface area contributed by atoms with Gasteiger partial charge in [0, 0.05) is 16.5 Å². The van der Waals surface area contributed by atoms with Crippen LogP contribution in [0, 0.1) is 5.41 Å². The van der Waals surface area contributed by atoms with E-state index in [1.807, 2.05) is 19.9 Å². The average Bonchev–Trinajstić information content (AvgIpc) is 3.15. The molecule has 1 aliphatic rings. The van der Waals surface area contributed by atoms with E-state index in [1.165, 1.54) is 17.3 Å². The maximum atomic E-state index is 11.1. The number of aliphatic hydroxyl groups is 1. The fourth-order valence-electron chi connectivity index (χ4n) is 2.83. The van der Waals surface area contributed by atoms with Crippen LogP contribution in [0.25, 0.3) is 5.70 Å². The third-order valence-corrected chi connectivity index (χ3v) is 5.01. The first kappa shape index (κ1) is 19.2. The number of nitrogens with zero attached hydrogens (tertiary/aromatic N) is 3. The molecule has 0 bridgehead atoms. The van der Waals surface area contributed by atoms with E-state index in [0.717, 1.165) is 12.0 Å². The topological polar surface area (TPSA) is 69.4 Å². The highest BCUT2D eigenvalue weighted by atomic mass is 35.5. The Labute approximate surface area is 162 Å². The lowest BCUT2D eigenvalue weighted by molar-refractivity contribution is -0.222. The molecule has 0 aliphatic carbocycles. The molecule has 0 unspecified atom stereocenters. The molecule has 1 aromatic heterocycles. The number of aliphatic hydroxyl groups excluding tert-OH is 1. The second-order valence-corrected chi connectivity index (χ2v) is 7.41. The minimum absolute atomic E-state index is 0.142. The molecule has 2 heterocycles. The van der Waals surface area contributed by atoms with Crippen molar-refractivity contribution >= 4 is 28.9 Å². The van der Waals surface area contributed by atoms with Crippen molar-refractivity contribution < 1.29 is 14.6 Å². The van der Waals surface area contributed by atoms with Crippen LogP contribution in [-0.2, 0) is 15.9 Å². The summed E-state index contributed by atoms with van der Waals surface area (Å²) in [5, 5.41) is 16.3. The molecule has 1 aromatic carbocycles. The van der Waals surface area contributed by atoms with Crippen molar-refractivity contribution in [3.8, 4) is 0 Å². The van der Waals surface area contributed by atoms with E-state index in [1.54, 1.807) is 12.1 Å². The van der Waals surface area contributed by atoms with Crippen LogP contribution in [0.1, 0.15) is 25.8 Å². The van der Waals surface area contributed by atoms with Gasteiger partial charge in [0.2, 0.25) is 0 Å². The minimum Gasteiger partial charge on any atom is -0.510 e. The first-order valence-electron chi connectivity index (χ1n) is 8.37. The molecule has 1 fully saturated rings. The van der Waals surface area contributed by atoms with Gasteiger partial charge in [0.25, 0.3) is 0 Å². The third kappa shape index (κ3) is 4.04. The molecular formula is C18H21Cl2N3O3. The Balaban J connectivity index is 1.96.